The SMILES string of the molecule is CC(C)[C@H](N)SC(=O)NCCCS(=O)(=O)O. The van der Waals surface area contributed by atoms with Crippen LogP contribution in [0.2, 0.25) is 0 Å². The van der Waals surface area contributed by atoms with Crippen molar-refractivity contribution in [2.45, 2.75) is 25.6 Å². The van der Waals surface area contributed by atoms with Crippen LogP contribution in [0.25, 0.3) is 0 Å². The van der Waals surface area contributed by atoms with E-state index < -0.39 is 10.1 Å². The molecule has 0 saturated heterocycles. The van der Waals surface area contributed by atoms with Gasteiger partial charge in [0, 0.05) is 6.54 Å². The molecule has 4 N–H and O–H groups in total. The van der Waals surface area contributed by atoms with Gasteiger partial charge in [-0.2, -0.15) is 8.42 Å². The molecule has 0 heterocycles. The van der Waals surface area contributed by atoms with Gasteiger partial charge in [0.25, 0.3) is 15.4 Å². The Kier molecular flexibility index (Phi) is 6.96. The highest BCUT2D eigenvalue weighted by Gasteiger charge is 2.13. The van der Waals surface area contributed by atoms with Gasteiger partial charge in [-0.05, 0) is 24.1 Å². The number of nitrogens with two attached hydrogens (primary N) is 1. The Morgan fingerprint density at radius 3 is 2.50 bits per heavy atom. The number of hydrogen-bond acceptors (Lipinski definition) is 5. The van der Waals surface area contributed by atoms with Crippen molar-refractivity contribution < 1.29 is 17.8 Å². The second kappa shape index (κ2) is 7.10. The maximum atomic E-state index is 11.2. The number of amides is 1. The van der Waals surface area contributed by atoms with Crippen LogP contribution < -0.4 is 11.1 Å². The summed E-state index contributed by atoms with van der Waals surface area (Å²) < 4.78 is 29.2. The van der Waals surface area contributed by atoms with Crippen LogP contribution >= 0.6 is 11.8 Å². The summed E-state index contributed by atoms with van der Waals surface area (Å²) in [6, 6.07) is 0. The molecule has 0 unspecified atom stereocenters. The van der Waals surface area contributed by atoms with Crippen molar-refractivity contribution in [3.63, 3.8) is 0 Å². The van der Waals surface area contributed by atoms with Crippen molar-refractivity contribution in [3.05, 3.63) is 0 Å². The Labute approximate surface area is 100 Å². The van der Waals surface area contributed by atoms with Gasteiger partial charge >= 0.3 is 0 Å². The van der Waals surface area contributed by atoms with Crippen LogP contribution in [0.1, 0.15) is 20.3 Å². The first-order valence-electron chi connectivity index (χ1n) is 4.87. The fourth-order valence-corrected chi connectivity index (χ4v) is 1.96. The molecule has 8 heteroatoms. The van der Waals surface area contributed by atoms with E-state index >= 15 is 0 Å². The summed E-state index contributed by atoms with van der Waals surface area (Å²) >= 11 is 0.981. The molecule has 0 aromatic carbocycles. The number of hydrogen-bond donors (Lipinski definition) is 3. The van der Waals surface area contributed by atoms with Crippen LogP contribution in [-0.4, -0.2) is 35.9 Å². The number of carbonyl (C=O) groups excluding carboxylic acids is 1. The molecule has 0 fully saturated rings. The fourth-order valence-electron chi connectivity index (χ4n) is 0.746. The van der Waals surface area contributed by atoms with Gasteiger partial charge in [0.15, 0.2) is 0 Å². The molecular weight excluding hydrogens is 252 g/mol. The Bertz CT molecular complexity index is 316. The Morgan fingerprint density at radius 2 is 2.06 bits per heavy atom. The summed E-state index contributed by atoms with van der Waals surface area (Å²) in [6.07, 6.45) is 0.183. The van der Waals surface area contributed by atoms with Gasteiger partial charge in [0.1, 0.15) is 0 Å². The Balaban J connectivity index is 3.67. The third kappa shape index (κ3) is 8.96. The average molecular weight is 270 g/mol. The van der Waals surface area contributed by atoms with Crippen molar-refractivity contribution >= 4 is 27.1 Å². The minimum absolute atomic E-state index is 0.183. The van der Waals surface area contributed by atoms with Crippen LogP contribution in [0, 0.1) is 5.92 Å². The second-order valence-corrected chi connectivity index (χ2v) is 6.40. The van der Waals surface area contributed by atoms with Crippen molar-refractivity contribution in [2.75, 3.05) is 12.3 Å². The zero-order valence-corrected chi connectivity index (χ0v) is 11.0. The zero-order valence-electron chi connectivity index (χ0n) is 9.34. The lowest BCUT2D eigenvalue weighted by Gasteiger charge is -2.13. The van der Waals surface area contributed by atoms with E-state index in [0.717, 1.165) is 11.8 Å². The van der Waals surface area contributed by atoms with Crippen LogP contribution in [0.3, 0.4) is 0 Å². The summed E-state index contributed by atoms with van der Waals surface area (Å²) in [5, 5.41) is 1.95. The molecule has 0 spiro atoms. The summed E-state index contributed by atoms with van der Waals surface area (Å²) in [4.78, 5) is 11.2. The first-order valence-corrected chi connectivity index (χ1v) is 7.36. The predicted octanol–water partition coefficient (Wildman–Crippen LogP) is 0.648. The van der Waals surface area contributed by atoms with Crippen molar-refractivity contribution in [2.24, 2.45) is 11.7 Å². The minimum Gasteiger partial charge on any atom is -0.347 e. The molecule has 0 rings (SSSR count). The van der Waals surface area contributed by atoms with Gasteiger partial charge in [0.05, 0.1) is 11.1 Å². The number of nitrogens with one attached hydrogen (secondary N) is 1. The van der Waals surface area contributed by atoms with Crippen LogP contribution in [0.4, 0.5) is 4.79 Å². The lowest BCUT2D eigenvalue weighted by Crippen LogP contribution is -2.29. The monoisotopic (exact) mass is 270 g/mol. The van der Waals surface area contributed by atoms with E-state index in [1.807, 2.05) is 13.8 Å². The molecule has 0 aromatic rings. The molecule has 0 radical (unpaired) electrons. The first kappa shape index (κ1) is 15.7. The van der Waals surface area contributed by atoms with E-state index in [4.69, 9.17) is 10.3 Å². The molecule has 6 nitrogen and oxygen atoms in total. The van der Waals surface area contributed by atoms with E-state index in [9.17, 15) is 13.2 Å². The third-order valence-electron chi connectivity index (χ3n) is 1.75. The van der Waals surface area contributed by atoms with Gasteiger partial charge in [-0.15, -0.1) is 0 Å². The number of rotatable bonds is 6. The van der Waals surface area contributed by atoms with E-state index in [2.05, 4.69) is 5.32 Å². The summed E-state index contributed by atoms with van der Waals surface area (Å²) in [6.45, 7) is 4.02. The quantitative estimate of drug-likeness (QED) is 0.371. The Hall–Kier alpha value is -0.310. The van der Waals surface area contributed by atoms with Gasteiger partial charge in [-0.1, -0.05) is 13.8 Å². The molecule has 1 amide bonds. The molecule has 96 valence electrons. The predicted molar refractivity (Wildman–Crippen MR) is 64.8 cm³/mol. The second-order valence-electron chi connectivity index (χ2n) is 3.68. The minimum atomic E-state index is -3.94. The van der Waals surface area contributed by atoms with Gasteiger partial charge in [-0.25, -0.2) is 0 Å². The van der Waals surface area contributed by atoms with Crippen LogP contribution in [0.5, 0.6) is 0 Å². The lowest BCUT2D eigenvalue weighted by atomic mass is 10.2. The molecule has 16 heavy (non-hydrogen) atoms. The molecule has 0 aromatic heterocycles. The van der Waals surface area contributed by atoms with E-state index in [0.29, 0.717) is 0 Å². The zero-order chi connectivity index (χ0) is 12.8. The standard InChI is InChI=1S/C8H18N2O4S2/c1-6(2)7(9)15-8(11)10-4-3-5-16(12,13)14/h6-7H,3-5,9H2,1-2H3,(H,10,11)(H,12,13,14)/t7-/m1/s1. The normalized spacial score (nSPS) is 13.8. The summed E-state index contributed by atoms with van der Waals surface area (Å²) in [5.74, 6) is -0.165. The van der Waals surface area contributed by atoms with Crippen LogP contribution in [0.15, 0.2) is 0 Å². The van der Waals surface area contributed by atoms with E-state index in [1.54, 1.807) is 0 Å². The first-order chi connectivity index (χ1) is 7.22. The molecule has 0 bridgehead atoms. The average Bonchev–Trinajstić information content (AvgIpc) is 2.10. The highest BCUT2D eigenvalue weighted by molar-refractivity contribution is 8.14. The highest BCUT2D eigenvalue weighted by atomic mass is 32.2. The van der Waals surface area contributed by atoms with E-state index in [-0.39, 0.29) is 35.2 Å². The Morgan fingerprint density at radius 1 is 1.50 bits per heavy atom. The molecule has 0 saturated carbocycles. The lowest BCUT2D eigenvalue weighted by molar-refractivity contribution is 0.260. The topological polar surface area (TPSA) is 109 Å². The number of thioether (sulfide) groups is 1. The fraction of sp³-hybridized carbons (Fsp3) is 0.875. The molecule has 0 aliphatic heterocycles. The van der Waals surface area contributed by atoms with Gasteiger partial charge in [0.2, 0.25) is 0 Å². The molecule has 0 aliphatic rings. The molecule has 1 atom stereocenters. The highest BCUT2D eigenvalue weighted by Crippen LogP contribution is 2.14. The van der Waals surface area contributed by atoms with Gasteiger partial charge in [-0.3, -0.25) is 9.35 Å². The van der Waals surface area contributed by atoms with Crippen molar-refractivity contribution in [3.8, 4) is 0 Å². The third-order valence-corrected chi connectivity index (χ3v) is 3.73. The van der Waals surface area contributed by atoms with Gasteiger partial charge < -0.3 is 11.1 Å². The molecular formula is C8H18N2O4S2. The van der Waals surface area contributed by atoms with Crippen molar-refractivity contribution in [1.82, 2.24) is 5.32 Å². The summed E-state index contributed by atoms with van der Waals surface area (Å²) in [5.41, 5.74) is 5.66. The smallest absolute Gasteiger partial charge is 0.280 e. The molecule has 0 aliphatic carbocycles. The van der Waals surface area contributed by atoms with Crippen LogP contribution in [-0.2, 0) is 10.1 Å². The maximum Gasteiger partial charge on any atom is 0.280 e. The van der Waals surface area contributed by atoms with Crippen molar-refractivity contribution in [1.29, 1.82) is 0 Å². The van der Waals surface area contributed by atoms with E-state index in [1.165, 1.54) is 0 Å². The summed E-state index contributed by atoms with van der Waals surface area (Å²) in [7, 11) is -3.94. The number of carbonyl (C=O) groups is 1. The maximum absolute atomic E-state index is 11.2. The largest absolute Gasteiger partial charge is 0.347 e.